The molecule has 0 heterocycles. The fourth-order valence-electron chi connectivity index (χ4n) is 2.36. The summed E-state index contributed by atoms with van der Waals surface area (Å²) in [5.74, 6) is 0.216. The Morgan fingerprint density at radius 2 is 1.79 bits per heavy atom. The first-order chi connectivity index (χ1) is 13.9. The van der Waals surface area contributed by atoms with Crippen LogP contribution in [0.4, 0.5) is 0 Å². The first-order valence-electron chi connectivity index (χ1n) is 8.37. The zero-order chi connectivity index (χ0) is 20.8. The second-order valence-corrected chi connectivity index (χ2v) is 8.88. The summed E-state index contributed by atoms with van der Waals surface area (Å²) in [6, 6.07) is 18.1. The smallest absolute Gasteiger partial charge is 0.271 e. The number of ether oxygens (including phenoxy) is 1. The van der Waals surface area contributed by atoms with Crippen LogP contribution in [0.25, 0.3) is 0 Å². The highest BCUT2D eigenvalue weighted by molar-refractivity contribution is 14.1. The van der Waals surface area contributed by atoms with Crippen molar-refractivity contribution in [2.24, 2.45) is 5.10 Å². The lowest BCUT2D eigenvalue weighted by Crippen LogP contribution is -2.17. The van der Waals surface area contributed by atoms with E-state index in [0.29, 0.717) is 38.0 Å². The Hall–Kier alpha value is -1.61. The molecule has 0 aliphatic heterocycles. The SMILES string of the molecule is O=C(N/N=C\c1cc(Cl)c(OCc2ccc(I)cc2)c(Br)c1)c1ccc(Cl)cc1. The van der Waals surface area contributed by atoms with Crippen molar-refractivity contribution in [2.45, 2.75) is 6.61 Å². The molecule has 3 rings (SSSR count). The number of carbonyl (C=O) groups excluding carboxylic acids is 1. The van der Waals surface area contributed by atoms with Crippen LogP contribution in [0.3, 0.4) is 0 Å². The van der Waals surface area contributed by atoms with Crippen LogP contribution in [-0.4, -0.2) is 12.1 Å². The van der Waals surface area contributed by atoms with Crippen molar-refractivity contribution in [1.82, 2.24) is 5.43 Å². The van der Waals surface area contributed by atoms with Crippen LogP contribution < -0.4 is 10.2 Å². The van der Waals surface area contributed by atoms with Crippen LogP contribution in [0.2, 0.25) is 10.0 Å². The highest BCUT2D eigenvalue weighted by Crippen LogP contribution is 2.34. The molecule has 1 amide bonds. The van der Waals surface area contributed by atoms with E-state index in [-0.39, 0.29) is 5.91 Å². The van der Waals surface area contributed by atoms with Gasteiger partial charge in [0.2, 0.25) is 0 Å². The maximum absolute atomic E-state index is 12.1. The number of nitrogens with one attached hydrogen (secondary N) is 1. The number of hydrogen-bond donors (Lipinski definition) is 1. The van der Waals surface area contributed by atoms with E-state index in [0.717, 1.165) is 9.13 Å². The first kappa shape index (κ1) is 22.1. The number of rotatable bonds is 6. The van der Waals surface area contributed by atoms with E-state index in [4.69, 9.17) is 27.9 Å². The molecule has 0 radical (unpaired) electrons. The Bertz CT molecular complexity index is 1020. The van der Waals surface area contributed by atoms with Gasteiger partial charge in [0.05, 0.1) is 15.7 Å². The van der Waals surface area contributed by atoms with Gasteiger partial charge in [0.1, 0.15) is 6.61 Å². The minimum absolute atomic E-state index is 0.333. The molecule has 8 heteroatoms. The van der Waals surface area contributed by atoms with Crippen LogP contribution in [0.5, 0.6) is 5.75 Å². The molecule has 0 fully saturated rings. The van der Waals surface area contributed by atoms with E-state index in [1.165, 1.54) is 6.21 Å². The molecule has 0 spiro atoms. The summed E-state index contributed by atoms with van der Waals surface area (Å²) in [5.41, 5.74) is 4.69. The van der Waals surface area contributed by atoms with E-state index in [1.807, 2.05) is 30.3 Å². The van der Waals surface area contributed by atoms with Crippen molar-refractivity contribution in [3.63, 3.8) is 0 Å². The Labute approximate surface area is 200 Å². The third kappa shape index (κ3) is 6.44. The van der Waals surface area contributed by atoms with Crippen molar-refractivity contribution in [3.8, 4) is 5.75 Å². The molecular weight excluding hydrogens is 590 g/mol. The van der Waals surface area contributed by atoms with Gasteiger partial charge in [0, 0.05) is 14.2 Å². The third-order valence-corrected chi connectivity index (χ3v) is 5.64. The van der Waals surface area contributed by atoms with Crippen LogP contribution in [0, 0.1) is 3.57 Å². The largest absolute Gasteiger partial charge is 0.486 e. The van der Waals surface area contributed by atoms with E-state index < -0.39 is 0 Å². The predicted octanol–water partition coefficient (Wildman–Crippen LogP) is 6.70. The molecule has 0 atom stereocenters. The zero-order valence-corrected chi connectivity index (χ0v) is 20.1. The molecule has 0 aromatic heterocycles. The first-order valence-corrected chi connectivity index (χ1v) is 11.0. The van der Waals surface area contributed by atoms with E-state index in [9.17, 15) is 4.79 Å². The van der Waals surface area contributed by atoms with Gasteiger partial charge < -0.3 is 4.74 Å². The number of benzene rings is 3. The van der Waals surface area contributed by atoms with Gasteiger partial charge in [0.15, 0.2) is 5.75 Å². The Morgan fingerprint density at radius 3 is 2.45 bits per heavy atom. The molecular formula is C21H14BrCl2IN2O2. The fraction of sp³-hybridized carbons (Fsp3) is 0.0476. The molecule has 29 heavy (non-hydrogen) atoms. The number of nitrogens with zero attached hydrogens (tertiary/aromatic N) is 1. The topological polar surface area (TPSA) is 50.7 Å². The molecule has 3 aromatic carbocycles. The van der Waals surface area contributed by atoms with Crippen molar-refractivity contribution in [3.05, 3.63) is 95.4 Å². The number of hydrogen-bond acceptors (Lipinski definition) is 3. The second kappa shape index (κ2) is 10.4. The van der Waals surface area contributed by atoms with Gasteiger partial charge in [-0.1, -0.05) is 35.3 Å². The molecule has 0 saturated carbocycles. The zero-order valence-electron chi connectivity index (χ0n) is 14.8. The summed E-state index contributed by atoms with van der Waals surface area (Å²) in [6.07, 6.45) is 1.51. The van der Waals surface area contributed by atoms with Gasteiger partial charge in [-0.3, -0.25) is 4.79 Å². The summed E-state index contributed by atoms with van der Waals surface area (Å²) in [6.45, 7) is 0.403. The molecule has 0 saturated heterocycles. The van der Waals surface area contributed by atoms with Gasteiger partial charge >= 0.3 is 0 Å². The quantitative estimate of drug-likeness (QED) is 0.194. The highest BCUT2D eigenvalue weighted by atomic mass is 127. The normalized spacial score (nSPS) is 10.9. The van der Waals surface area contributed by atoms with Gasteiger partial charge in [-0.2, -0.15) is 5.10 Å². The maximum atomic E-state index is 12.1. The number of carbonyl (C=O) groups is 1. The van der Waals surface area contributed by atoms with Gasteiger partial charge in [-0.25, -0.2) is 5.43 Å². The molecule has 0 unspecified atom stereocenters. The van der Waals surface area contributed by atoms with Crippen LogP contribution in [0.1, 0.15) is 21.5 Å². The summed E-state index contributed by atoms with van der Waals surface area (Å²) < 4.78 is 7.71. The Balaban J connectivity index is 1.63. The van der Waals surface area contributed by atoms with Crippen molar-refractivity contribution in [1.29, 1.82) is 0 Å². The molecule has 3 aromatic rings. The Kier molecular flexibility index (Phi) is 7.94. The lowest BCUT2D eigenvalue weighted by Gasteiger charge is -2.11. The molecule has 148 valence electrons. The number of hydrazone groups is 1. The highest BCUT2D eigenvalue weighted by Gasteiger charge is 2.10. The van der Waals surface area contributed by atoms with E-state index in [2.05, 4.69) is 49.0 Å². The fourth-order valence-corrected chi connectivity index (χ4v) is 3.83. The van der Waals surface area contributed by atoms with E-state index >= 15 is 0 Å². The van der Waals surface area contributed by atoms with Crippen molar-refractivity contribution >= 4 is 73.8 Å². The van der Waals surface area contributed by atoms with E-state index in [1.54, 1.807) is 30.3 Å². The number of amides is 1. The van der Waals surface area contributed by atoms with Crippen LogP contribution >= 0.6 is 61.7 Å². The summed E-state index contributed by atoms with van der Waals surface area (Å²) >= 11 is 17.9. The molecule has 4 nitrogen and oxygen atoms in total. The van der Waals surface area contributed by atoms with Crippen LogP contribution in [0.15, 0.2) is 70.2 Å². The monoisotopic (exact) mass is 602 g/mol. The minimum atomic E-state index is -0.333. The number of halogens is 4. The average Bonchev–Trinajstić information content (AvgIpc) is 2.69. The van der Waals surface area contributed by atoms with Crippen LogP contribution in [-0.2, 0) is 6.61 Å². The van der Waals surface area contributed by atoms with Gasteiger partial charge in [-0.15, -0.1) is 0 Å². The molecule has 0 aliphatic rings. The molecule has 0 aliphatic carbocycles. The standard InChI is InChI=1S/C21H14BrCl2IN2O2/c22-18-9-14(11-26-27-21(28)15-3-5-16(23)6-4-15)10-19(24)20(18)29-12-13-1-7-17(25)8-2-13/h1-11H,12H2,(H,27,28)/b26-11-. The summed E-state index contributed by atoms with van der Waals surface area (Å²) in [4.78, 5) is 12.1. The molecule has 0 bridgehead atoms. The Morgan fingerprint density at radius 1 is 1.10 bits per heavy atom. The van der Waals surface area contributed by atoms with Gasteiger partial charge in [0.25, 0.3) is 5.91 Å². The van der Waals surface area contributed by atoms with Crippen molar-refractivity contribution < 1.29 is 9.53 Å². The summed E-state index contributed by atoms with van der Waals surface area (Å²) in [5, 5.41) is 4.98. The minimum Gasteiger partial charge on any atom is -0.486 e. The second-order valence-electron chi connectivity index (χ2n) is 5.93. The average molecular weight is 604 g/mol. The maximum Gasteiger partial charge on any atom is 0.271 e. The molecule has 1 N–H and O–H groups in total. The third-order valence-electron chi connectivity index (χ3n) is 3.80. The van der Waals surface area contributed by atoms with Crippen molar-refractivity contribution in [2.75, 3.05) is 0 Å². The lowest BCUT2D eigenvalue weighted by molar-refractivity contribution is 0.0955. The lowest BCUT2D eigenvalue weighted by atomic mass is 10.2. The van der Waals surface area contributed by atoms with Gasteiger partial charge in [-0.05, 0) is 98.2 Å². The predicted molar refractivity (Wildman–Crippen MR) is 129 cm³/mol. The summed E-state index contributed by atoms with van der Waals surface area (Å²) in [7, 11) is 0.